The van der Waals surface area contributed by atoms with Crippen molar-refractivity contribution >= 4 is 28.4 Å². The molecule has 0 atom stereocenters. The van der Waals surface area contributed by atoms with Crippen LogP contribution in [0.1, 0.15) is 27.0 Å². The number of carbonyl (C=O) groups is 1. The molecule has 19 heavy (non-hydrogen) atoms. The lowest BCUT2D eigenvalue weighted by Crippen LogP contribution is -2.19. The lowest BCUT2D eigenvalue weighted by atomic mass is 9.86. The summed E-state index contributed by atoms with van der Waals surface area (Å²) in [5.74, 6) is 0.0946. The van der Waals surface area contributed by atoms with E-state index in [4.69, 9.17) is 12.2 Å². The van der Waals surface area contributed by atoms with Crippen molar-refractivity contribution in [2.45, 2.75) is 6.42 Å². The van der Waals surface area contributed by atoms with Crippen LogP contribution < -0.4 is 0 Å². The van der Waals surface area contributed by atoms with E-state index in [2.05, 4.69) is 11.1 Å². The van der Waals surface area contributed by atoms with Gasteiger partial charge in [0.25, 0.3) is 0 Å². The summed E-state index contributed by atoms with van der Waals surface area (Å²) in [6, 6.07) is 9.85. The van der Waals surface area contributed by atoms with Gasteiger partial charge in [0.05, 0.1) is 4.86 Å². The second-order valence-corrected chi connectivity index (χ2v) is 5.18. The predicted octanol–water partition coefficient (Wildman–Crippen LogP) is 3.01. The fourth-order valence-corrected chi connectivity index (χ4v) is 3.28. The molecular formula is C16H9NOS. The minimum atomic E-state index is 0.0946. The zero-order valence-corrected chi connectivity index (χ0v) is 10.8. The number of fused-ring (bicyclic) bond motifs is 3. The highest BCUT2D eigenvalue weighted by Crippen LogP contribution is 2.40. The van der Waals surface area contributed by atoms with E-state index in [1.54, 1.807) is 18.5 Å². The van der Waals surface area contributed by atoms with Crippen LogP contribution in [-0.2, 0) is 6.42 Å². The number of carbonyl (C=O) groups excluding carboxylic acids is 1. The topological polar surface area (TPSA) is 30.0 Å². The summed E-state index contributed by atoms with van der Waals surface area (Å²) in [6.45, 7) is 0. The third-order valence-corrected chi connectivity index (χ3v) is 4.19. The molecule has 2 nitrogen and oxygen atoms in total. The van der Waals surface area contributed by atoms with Crippen molar-refractivity contribution in [2.24, 2.45) is 0 Å². The Labute approximate surface area is 115 Å². The van der Waals surface area contributed by atoms with Gasteiger partial charge in [0.2, 0.25) is 0 Å². The van der Waals surface area contributed by atoms with Gasteiger partial charge in [-0.15, -0.1) is 0 Å². The van der Waals surface area contributed by atoms with Crippen molar-refractivity contribution in [3.63, 3.8) is 0 Å². The molecule has 4 rings (SSSR count). The second-order valence-electron chi connectivity index (χ2n) is 4.77. The number of Topliss-reactive ketones (excluding diaryl/α,β-unsaturated/α-hetero) is 1. The van der Waals surface area contributed by atoms with Crippen LogP contribution in [0, 0.1) is 0 Å². The van der Waals surface area contributed by atoms with Crippen molar-refractivity contribution in [3.05, 3.63) is 70.6 Å². The Balaban J connectivity index is 2.01. The Morgan fingerprint density at radius 2 is 1.89 bits per heavy atom. The molecule has 0 fully saturated rings. The second kappa shape index (κ2) is 3.68. The first kappa shape index (κ1) is 10.8. The molecule has 90 valence electrons. The fourth-order valence-electron chi connectivity index (χ4n) is 2.88. The first-order valence-corrected chi connectivity index (χ1v) is 6.53. The minimum Gasteiger partial charge on any atom is -0.289 e. The van der Waals surface area contributed by atoms with Crippen LogP contribution in [-0.4, -0.2) is 15.6 Å². The van der Waals surface area contributed by atoms with Crippen LogP contribution in [0.5, 0.6) is 0 Å². The van der Waals surface area contributed by atoms with Crippen molar-refractivity contribution < 1.29 is 4.79 Å². The van der Waals surface area contributed by atoms with E-state index >= 15 is 0 Å². The van der Waals surface area contributed by atoms with Crippen molar-refractivity contribution in [2.75, 3.05) is 0 Å². The monoisotopic (exact) mass is 263 g/mol. The van der Waals surface area contributed by atoms with Gasteiger partial charge in [0.1, 0.15) is 0 Å². The lowest BCUT2D eigenvalue weighted by Gasteiger charge is -2.18. The maximum absolute atomic E-state index is 12.6. The summed E-state index contributed by atoms with van der Waals surface area (Å²) in [5, 5.41) is 0. The number of hydrogen-bond donors (Lipinski definition) is 0. The van der Waals surface area contributed by atoms with Gasteiger partial charge in [-0.3, -0.25) is 9.78 Å². The molecule has 3 heteroatoms. The normalized spacial score (nSPS) is 16.2. The number of aromatic nitrogens is 1. The maximum atomic E-state index is 12.6. The van der Waals surface area contributed by atoms with Gasteiger partial charge in [-0.05, 0) is 17.2 Å². The molecule has 0 saturated carbocycles. The SMILES string of the molecule is O=C1C2=C(C(=S)c3cnccc31)c1ccccc1C2. The Hall–Kier alpha value is -2.13. The first-order chi connectivity index (χ1) is 9.27. The number of benzene rings is 1. The largest absolute Gasteiger partial charge is 0.289 e. The number of allylic oxidation sites excluding steroid dienone is 2. The summed E-state index contributed by atoms with van der Waals surface area (Å²) < 4.78 is 0. The molecule has 2 aliphatic carbocycles. The summed E-state index contributed by atoms with van der Waals surface area (Å²) in [6.07, 6.45) is 4.03. The highest BCUT2D eigenvalue weighted by Gasteiger charge is 2.35. The molecule has 2 aliphatic rings. The quantitative estimate of drug-likeness (QED) is 0.684. The van der Waals surface area contributed by atoms with E-state index in [-0.39, 0.29) is 5.78 Å². The van der Waals surface area contributed by atoms with E-state index in [1.165, 1.54) is 5.56 Å². The Bertz CT molecular complexity index is 789. The van der Waals surface area contributed by atoms with Gasteiger partial charge in [-0.1, -0.05) is 36.5 Å². The third-order valence-electron chi connectivity index (χ3n) is 3.77. The smallest absolute Gasteiger partial charge is 0.190 e. The summed E-state index contributed by atoms with van der Waals surface area (Å²) in [5.41, 5.74) is 5.54. The van der Waals surface area contributed by atoms with E-state index in [1.807, 2.05) is 18.2 Å². The molecule has 0 amide bonds. The number of hydrogen-bond acceptors (Lipinski definition) is 3. The van der Waals surface area contributed by atoms with Crippen LogP contribution in [0.3, 0.4) is 0 Å². The first-order valence-electron chi connectivity index (χ1n) is 6.12. The van der Waals surface area contributed by atoms with Crippen LogP contribution in [0.4, 0.5) is 0 Å². The van der Waals surface area contributed by atoms with E-state index in [9.17, 15) is 4.79 Å². The molecule has 0 N–H and O–H groups in total. The van der Waals surface area contributed by atoms with Gasteiger partial charge >= 0.3 is 0 Å². The summed E-state index contributed by atoms with van der Waals surface area (Å²) >= 11 is 5.58. The molecule has 2 aromatic rings. The highest BCUT2D eigenvalue weighted by molar-refractivity contribution is 7.82. The maximum Gasteiger partial charge on any atom is 0.190 e. The van der Waals surface area contributed by atoms with E-state index in [0.29, 0.717) is 12.0 Å². The van der Waals surface area contributed by atoms with Gasteiger partial charge in [0, 0.05) is 41.1 Å². The third kappa shape index (κ3) is 1.33. The van der Waals surface area contributed by atoms with Crippen molar-refractivity contribution in [1.29, 1.82) is 0 Å². The molecule has 0 spiro atoms. The van der Waals surface area contributed by atoms with Crippen LogP contribution in [0.2, 0.25) is 0 Å². The molecule has 1 aromatic carbocycles. The van der Waals surface area contributed by atoms with Crippen LogP contribution >= 0.6 is 12.2 Å². The molecule has 0 unspecified atom stereocenters. The number of nitrogens with zero attached hydrogens (tertiary/aromatic N) is 1. The number of pyridine rings is 1. The fraction of sp³-hybridized carbons (Fsp3) is 0.0625. The summed E-state index contributed by atoms with van der Waals surface area (Å²) in [4.78, 5) is 17.4. The molecule has 0 radical (unpaired) electrons. The lowest BCUT2D eigenvalue weighted by molar-refractivity contribution is 0.103. The van der Waals surface area contributed by atoms with Gasteiger partial charge in [0.15, 0.2) is 5.78 Å². The van der Waals surface area contributed by atoms with E-state index in [0.717, 1.165) is 27.1 Å². The number of ketones is 1. The molecule has 1 aromatic heterocycles. The number of rotatable bonds is 0. The van der Waals surface area contributed by atoms with Crippen molar-refractivity contribution in [3.8, 4) is 0 Å². The zero-order valence-electron chi connectivity index (χ0n) is 10.0. The molecular weight excluding hydrogens is 254 g/mol. The summed E-state index contributed by atoms with van der Waals surface area (Å²) in [7, 11) is 0. The highest BCUT2D eigenvalue weighted by atomic mass is 32.1. The average Bonchev–Trinajstić information content (AvgIpc) is 2.84. The average molecular weight is 263 g/mol. The van der Waals surface area contributed by atoms with Crippen LogP contribution in [0.25, 0.3) is 5.57 Å². The van der Waals surface area contributed by atoms with Gasteiger partial charge < -0.3 is 0 Å². The number of thiocarbonyl (C=S) groups is 1. The Morgan fingerprint density at radius 3 is 2.79 bits per heavy atom. The molecule has 0 aliphatic heterocycles. The van der Waals surface area contributed by atoms with E-state index < -0.39 is 0 Å². The van der Waals surface area contributed by atoms with Gasteiger partial charge in [-0.2, -0.15) is 0 Å². The minimum absolute atomic E-state index is 0.0946. The van der Waals surface area contributed by atoms with Crippen LogP contribution in [0.15, 0.2) is 48.3 Å². The molecule has 0 bridgehead atoms. The van der Waals surface area contributed by atoms with Gasteiger partial charge in [-0.25, -0.2) is 0 Å². The predicted molar refractivity (Wildman–Crippen MR) is 77.3 cm³/mol. The Morgan fingerprint density at radius 1 is 1.05 bits per heavy atom. The Kier molecular flexibility index (Phi) is 2.09. The zero-order chi connectivity index (χ0) is 13.0. The standard InChI is InChI=1S/C16H9NOS/c18-15-11-5-6-17-8-13(11)16(19)14-10-4-2-1-3-9(10)7-12(14)15/h1-6,8H,7H2. The molecule has 0 saturated heterocycles. The molecule has 1 heterocycles. The van der Waals surface area contributed by atoms with Crippen molar-refractivity contribution in [1.82, 2.24) is 4.98 Å².